The van der Waals surface area contributed by atoms with Crippen molar-refractivity contribution in [3.63, 3.8) is 0 Å². The second-order valence-electron chi connectivity index (χ2n) is 5.08. The average Bonchev–Trinajstić information content (AvgIpc) is 2.90. The number of hydrogen-bond donors (Lipinski definition) is 1. The number of nitrogens with two attached hydrogens (primary N) is 1. The third-order valence-corrected chi connectivity index (χ3v) is 3.79. The molecule has 0 aliphatic carbocycles. The molecular weight excluding hydrogens is 224 g/mol. The third-order valence-electron chi connectivity index (χ3n) is 3.79. The third kappa shape index (κ3) is 2.91. The van der Waals surface area contributed by atoms with Gasteiger partial charge in [-0.1, -0.05) is 24.3 Å². The van der Waals surface area contributed by atoms with Gasteiger partial charge in [0.25, 0.3) is 0 Å². The molecule has 1 aliphatic heterocycles. The van der Waals surface area contributed by atoms with Crippen LogP contribution < -0.4 is 5.73 Å². The molecule has 1 aromatic carbocycles. The number of aryl methyl sites for hydroxylation is 1. The van der Waals surface area contributed by atoms with Crippen LogP contribution in [0.1, 0.15) is 36.3 Å². The van der Waals surface area contributed by atoms with Gasteiger partial charge in [0.2, 0.25) is 5.91 Å². The van der Waals surface area contributed by atoms with Crippen LogP contribution in [0.15, 0.2) is 24.3 Å². The summed E-state index contributed by atoms with van der Waals surface area (Å²) in [5.41, 5.74) is 8.29. The number of rotatable bonds is 4. The molecule has 0 radical (unpaired) electrons. The van der Waals surface area contributed by atoms with Crippen molar-refractivity contribution in [1.82, 2.24) is 4.90 Å². The van der Waals surface area contributed by atoms with E-state index in [1.165, 1.54) is 11.1 Å². The quantitative estimate of drug-likeness (QED) is 0.883. The van der Waals surface area contributed by atoms with Gasteiger partial charge in [0, 0.05) is 25.4 Å². The normalized spacial score (nSPS) is 16.9. The maximum Gasteiger partial charge on any atom is 0.223 e. The summed E-state index contributed by atoms with van der Waals surface area (Å²) in [7, 11) is 0. The Bertz CT molecular complexity index is 411. The molecule has 0 saturated carbocycles. The molecule has 1 aromatic rings. The summed E-state index contributed by atoms with van der Waals surface area (Å²) >= 11 is 0. The summed E-state index contributed by atoms with van der Waals surface area (Å²) in [4.78, 5) is 14.1. The zero-order chi connectivity index (χ0) is 13.0. The van der Waals surface area contributed by atoms with Crippen molar-refractivity contribution < 1.29 is 4.79 Å². The van der Waals surface area contributed by atoms with Gasteiger partial charge in [0.1, 0.15) is 0 Å². The van der Waals surface area contributed by atoms with Gasteiger partial charge in [-0.2, -0.15) is 0 Å². The summed E-state index contributed by atoms with van der Waals surface area (Å²) in [6.45, 7) is 4.45. The number of carbonyl (C=O) groups is 1. The lowest BCUT2D eigenvalue weighted by Crippen LogP contribution is -2.30. The number of benzene rings is 1. The molecule has 3 nitrogen and oxygen atoms in total. The second-order valence-corrected chi connectivity index (χ2v) is 5.08. The predicted molar refractivity (Wildman–Crippen MR) is 73.4 cm³/mol. The van der Waals surface area contributed by atoms with Crippen LogP contribution in [0.5, 0.6) is 0 Å². The summed E-state index contributed by atoms with van der Waals surface area (Å²) in [6, 6.07) is 8.21. The molecule has 1 aliphatic rings. The van der Waals surface area contributed by atoms with Crippen LogP contribution in [0.4, 0.5) is 0 Å². The zero-order valence-corrected chi connectivity index (χ0v) is 11.1. The molecule has 1 unspecified atom stereocenters. The van der Waals surface area contributed by atoms with Crippen molar-refractivity contribution in [2.75, 3.05) is 19.6 Å². The molecule has 18 heavy (non-hydrogen) atoms. The highest BCUT2D eigenvalue weighted by atomic mass is 16.2. The molecule has 98 valence electrons. The lowest BCUT2D eigenvalue weighted by atomic mass is 9.91. The first-order valence-electron chi connectivity index (χ1n) is 6.75. The van der Waals surface area contributed by atoms with Crippen LogP contribution in [-0.4, -0.2) is 30.4 Å². The highest BCUT2D eigenvalue weighted by Gasteiger charge is 2.22. The van der Waals surface area contributed by atoms with E-state index in [1.54, 1.807) is 0 Å². The van der Waals surface area contributed by atoms with Crippen molar-refractivity contribution in [2.45, 2.75) is 32.1 Å². The maximum absolute atomic E-state index is 12.2. The first-order valence-corrected chi connectivity index (χ1v) is 6.75. The SMILES string of the molecule is Cc1ccccc1C(CN)CC(=O)N1CCCC1. The fraction of sp³-hybridized carbons (Fsp3) is 0.533. The van der Waals surface area contributed by atoms with Crippen LogP contribution in [0, 0.1) is 6.92 Å². The number of nitrogens with zero attached hydrogens (tertiary/aromatic N) is 1. The molecule has 2 rings (SSSR count). The molecule has 0 aromatic heterocycles. The molecule has 1 saturated heterocycles. The number of hydrogen-bond acceptors (Lipinski definition) is 2. The van der Waals surface area contributed by atoms with Gasteiger partial charge >= 0.3 is 0 Å². The predicted octanol–water partition coefficient (Wildman–Crippen LogP) is 2.05. The van der Waals surface area contributed by atoms with Gasteiger partial charge in [-0.05, 0) is 37.4 Å². The molecule has 1 atom stereocenters. The molecule has 1 heterocycles. The van der Waals surface area contributed by atoms with Gasteiger partial charge in [-0.3, -0.25) is 4.79 Å². The van der Waals surface area contributed by atoms with Crippen molar-refractivity contribution in [3.8, 4) is 0 Å². The Morgan fingerprint density at radius 1 is 1.33 bits per heavy atom. The monoisotopic (exact) mass is 246 g/mol. The Morgan fingerprint density at radius 3 is 2.61 bits per heavy atom. The Kier molecular flexibility index (Phi) is 4.37. The van der Waals surface area contributed by atoms with Gasteiger partial charge in [0.05, 0.1) is 0 Å². The van der Waals surface area contributed by atoms with E-state index in [0.717, 1.165) is 25.9 Å². The van der Waals surface area contributed by atoms with Crippen LogP contribution in [0.2, 0.25) is 0 Å². The summed E-state index contributed by atoms with van der Waals surface area (Å²) in [5, 5.41) is 0. The maximum atomic E-state index is 12.2. The van der Waals surface area contributed by atoms with Crippen LogP contribution in [0.3, 0.4) is 0 Å². The summed E-state index contributed by atoms with van der Waals surface area (Å²) < 4.78 is 0. The molecule has 0 bridgehead atoms. The topological polar surface area (TPSA) is 46.3 Å². The minimum absolute atomic E-state index is 0.152. The Labute approximate surface area is 109 Å². The fourth-order valence-corrected chi connectivity index (χ4v) is 2.67. The zero-order valence-electron chi connectivity index (χ0n) is 11.1. The molecule has 1 amide bonds. The largest absolute Gasteiger partial charge is 0.343 e. The van der Waals surface area contributed by atoms with E-state index in [2.05, 4.69) is 19.1 Å². The van der Waals surface area contributed by atoms with E-state index < -0.39 is 0 Å². The lowest BCUT2D eigenvalue weighted by molar-refractivity contribution is -0.130. The summed E-state index contributed by atoms with van der Waals surface area (Å²) in [6.07, 6.45) is 2.83. The van der Waals surface area contributed by atoms with E-state index in [1.807, 2.05) is 17.0 Å². The highest BCUT2D eigenvalue weighted by molar-refractivity contribution is 5.77. The highest BCUT2D eigenvalue weighted by Crippen LogP contribution is 2.23. The molecule has 2 N–H and O–H groups in total. The first kappa shape index (κ1) is 13.1. The second kappa shape index (κ2) is 6.01. The Hall–Kier alpha value is -1.35. The fourth-order valence-electron chi connectivity index (χ4n) is 2.67. The standard InChI is InChI=1S/C15H22N2O/c1-12-6-2-3-7-14(12)13(11-16)10-15(18)17-8-4-5-9-17/h2-3,6-7,13H,4-5,8-11,16H2,1H3. The van der Waals surface area contributed by atoms with Crippen molar-refractivity contribution in [3.05, 3.63) is 35.4 Å². The first-order chi connectivity index (χ1) is 8.72. The van der Waals surface area contributed by atoms with Gasteiger partial charge in [-0.25, -0.2) is 0 Å². The molecule has 1 fully saturated rings. The number of amides is 1. The Balaban J connectivity index is 2.05. The average molecular weight is 246 g/mol. The minimum Gasteiger partial charge on any atom is -0.343 e. The lowest BCUT2D eigenvalue weighted by Gasteiger charge is -2.21. The molecular formula is C15H22N2O. The van der Waals surface area contributed by atoms with Crippen LogP contribution in [-0.2, 0) is 4.79 Å². The van der Waals surface area contributed by atoms with E-state index in [0.29, 0.717) is 13.0 Å². The number of carbonyl (C=O) groups excluding carboxylic acids is 1. The van der Waals surface area contributed by atoms with Gasteiger partial charge < -0.3 is 10.6 Å². The van der Waals surface area contributed by atoms with Crippen molar-refractivity contribution in [2.24, 2.45) is 5.73 Å². The van der Waals surface area contributed by atoms with Gasteiger partial charge in [-0.15, -0.1) is 0 Å². The smallest absolute Gasteiger partial charge is 0.223 e. The molecule has 3 heteroatoms. The Morgan fingerprint density at radius 2 is 2.00 bits per heavy atom. The van der Waals surface area contributed by atoms with Crippen molar-refractivity contribution in [1.29, 1.82) is 0 Å². The van der Waals surface area contributed by atoms with E-state index in [-0.39, 0.29) is 11.8 Å². The van der Waals surface area contributed by atoms with Crippen LogP contribution >= 0.6 is 0 Å². The van der Waals surface area contributed by atoms with E-state index in [4.69, 9.17) is 5.73 Å². The number of likely N-dealkylation sites (tertiary alicyclic amines) is 1. The van der Waals surface area contributed by atoms with E-state index in [9.17, 15) is 4.79 Å². The minimum atomic E-state index is 0.152. The summed E-state index contributed by atoms with van der Waals surface area (Å²) in [5.74, 6) is 0.408. The molecule has 0 spiro atoms. The van der Waals surface area contributed by atoms with Crippen LogP contribution in [0.25, 0.3) is 0 Å². The van der Waals surface area contributed by atoms with E-state index >= 15 is 0 Å². The van der Waals surface area contributed by atoms with Gasteiger partial charge in [0.15, 0.2) is 0 Å². The van der Waals surface area contributed by atoms with Crippen molar-refractivity contribution >= 4 is 5.91 Å².